The molecular formula is C17H17NO2. The van der Waals surface area contributed by atoms with Gasteiger partial charge in [0.25, 0.3) is 5.91 Å². The van der Waals surface area contributed by atoms with E-state index in [0.29, 0.717) is 5.56 Å². The van der Waals surface area contributed by atoms with Crippen molar-refractivity contribution >= 4 is 5.91 Å². The molecule has 1 aliphatic heterocycles. The molecule has 3 heteroatoms. The van der Waals surface area contributed by atoms with Crippen molar-refractivity contribution in [2.24, 2.45) is 0 Å². The Hall–Kier alpha value is -2.13. The third-order valence-corrected chi connectivity index (χ3v) is 3.46. The summed E-state index contributed by atoms with van der Waals surface area (Å²) in [5.74, 6) is -0.0398. The number of benzene rings is 2. The molecule has 102 valence electrons. The molecule has 1 amide bonds. The SMILES string of the molecule is O=C(N[C@@H](Cc1ccccc1)[C@@H]1CO1)c1ccccc1. The van der Waals surface area contributed by atoms with Gasteiger partial charge in [-0.1, -0.05) is 48.5 Å². The molecule has 2 atom stereocenters. The van der Waals surface area contributed by atoms with E-state index >= 15 is 0 Å². The number of epoxide rings is 1. The molecule has 1 fully saturated rings. The monoisotopic (exact) mass is 267 g/mol. The molecule has 0 aromatic heterocycles. The number of ether oxygens (including phenoxy) is 1. The van der Waals surface area contributed by atoms with Gasteiger partial charge < -0.3 is 10.1 Å². The van der Waals surface area contributed by atoms with Crippen LogP contribution >= 0.6 is 0 Å². The number of hydrogen-bond acceptors (Lipinski definition) is 2. The van der Waals surface area contributed by atoms with Gasteiger partial charge in [0, 0.05) is 5.56 Å². The van der Waals surface area contributed by atoms with Crippen molar-refractivity contribution in [1.29, 1.82) is 0 Å². The first-order chi connectivity index (χ1) is 9.83. The molecule has 0 bridgehead atoms. The molecule has 3 rings (SSSR count). The van der Waals surface area contributed by atoms with Crippen LogP contribution in [0.1, 0.15) is 15.9 Å². The Labute approximate surface area is 118 Å². The highest BCUT2D eigenvalue weighted by Crippen LogP contribution is 2.18. The molecule has 2 aromatic rings. The van der Waals surface area contributed by atoms with Crippen LogP contribution in [0.5, 0.6) is 0 Å². The van der Waals surface area contributed by atoms with Crippen molar-refractivity contribution in [3.8, 4) is 0 Å². The van der Waals surface area contributed by atoms with Crippen molar-refractivity contribution < 1.29 is 9.53 Å². The Morgan fingerprint density at radius 3 is 2.30 bits per heavy atom. The van der Waals surface area contributed by atoms with Crippen LogP contribution in [0.15, 0.2) is 60.7 Å². The fourth-order valence-electron chi connectivity index (χ4n) is 2.27. The van der Waals surface area contributed by atoms with E-state index in [2.05, 4.69) is 17.4 Å². The number of hydrogen-bond donors (Lipinski definition) is 1. The fourth-order valence-corrected chi connectivity index (χ4v) is 2.27. The van der Waals surface area contributed by atoms with Gasteiger partial charge in [0.05, 0.1) is 12.6 Å². The number of amides is 1. The van der Waals surface area contributed by atoms with Gasteiger partial charge in [-0.15, -0.1) is 0 Å². The summed E-state index contributed by atoms with van der Waals surface area (Å²) in [4.78, 5) is 12.2. The molecular weight excluding hydrogens is 250 g/mol. The van der Waals surface area contributed by atoms with Crippen LogP contribution < -0.4 is 5.32 Å². The molecule has 2 aromatic carbocycles. The zero-order valence-corrected chi connectivity index (χ0v) is 11.2. The minimum absolute atomic E-state index is 0.0325. The smallest absolute Gasteiger partial charge is 0.251 e. The van der Waals surface area contributed by atoms with E-state index in [1.807, 2.05) is 48.5 Å². The third-order valence-electron chi connectivity index (χ3n) is 3.46. The molecule has 1 aliphatic rings. The number of nitrogens with one attached hydrogen (secondary N) is 1. The lowest BCUT2D eigenvalue weighted by Crippen LogP contribution is -2.40. The normalized spacial score (nSPS) is 18.3. The molecule has 0 radical (unpaired) electrons. The summed E-state index contributed by atoms with van der Waals surface area (Å²) in [7, 11) is 0. The van der Waals surface area contributed by atoms with E-state index in [-0.39, 0.29) is 18.1 Å². The summed E-state index contributed by atoms with van der Waals surface area (Å²) in [6, 6.07) is 19.5. The van der Waals surface area contributed by atoms with Crippen LogP contribution in [-0.2, 0) is 11.2 Å². The summed E-state index contributed by atoms with van der Waals surface area (Å²) in [6.45, 7) is 0.729. The number of carbonyl (C=O) groups excluding carboxylic acids is 1. The van der Waals surface area contributed by atoms with Crippen molar-refractivity contribution in [2.45, 2.75) is 18.6 Å². The van der Waals surface area contributed by atoms with Crippen molar-refractivity contribution in [3.63, 3.8) is 0 Å². The fraction of sp³-hybridized carbons (Fsp3) is 0.235. The topological polar surface area (TPSA) is 41.6 Å². The molecule has 1 heterocycles. The van der Waals surface area contributed by atoms with E-state index < -0.39 is 0 Å². The molecule has 0 aliphatic carbocycles. The zero-order chi connectivity index (χ0) is 13.8. The maximum atomic E-state index is 12.2. The van der Waals surface area contributed by atoms with Gasteiger partial charge in [0.2, 0.25) is 0 Å². The summed E-state index contributed by atoms with van der Waals surface area (Å²) < 4.78 is 5.36. The zero-order valence-electron chi connectivity index (χ0n) is 11.2. The Bertz CT molecular complexity index is 564. The van der Waals surface area contributed by atoms with Gasteiger partial charge >= 0.3 is 0 Å². The second-order valence-corrected chi connectivity index (χ2v) is 5.01. The van der Waals surface area contributed by atoms with Gasteiger partial charge in [-0.25, -0.2) is 0 Å². The van der Waals surface area contributed by atoms with E-state index in [1.54, 1.807) is 0 Å². The first-order valence-corrected chi connectivity index (χ1v) is 6.84. The second-order valence-electron chi connectivity index (χ2n) is 5.01. The third kappa shape index (κ3) is 3.25. The molecule has 1 N–H and O–H groups in total. The maximum absolute atomic E-state index is 12.2. The largest absolute Gasteiger partial charge is 0.371 e. The number of carbonyl (C=O) groups is 1. The predicted octanol–water partition coefficient (Wildman–Crippen LogP) is 2.43. The van der Waals surface area contributed by atoms with Crippen molar-refractivity contribution in [1.82, 2.24) is 5.32 Å². The van der Waals surface area contributed by atoms with Gasteiger partial charge in [0.1, 0.15) is 6.10 Å². The molecule has 3 nitrogen and oxygen atoms in total. The molecule has 20 heavy (non-hydrogen) atoms. The average Bonchev–Trinajstić information content (AvgIpc) is 3.33. The average molecular weight is 267 g/mol. The highest BCUT2D eigenvalue weighted by molar-refractivity contribution is 5.94. The maximum Gasteiger partial charge on any atom is 0.251 e. The lowest BCUT2D eigenvalue weighted by atomic mass is 10.0. The Balaban J connectivity index is 1.67. The molecule has 0 spiro atoms. The van der Waals surface area contributed by atoms with Gasteiger partial charge in [-0.05, 0) is 24.1 Å². The summed E-state index contributed by atoms with van der Waals surface area (Å²) in [5.41, 5.74) is 1.90. The van der Waals surface area contributed by atoms with Crippen LogP contribution in [0.4, 0.5) is 0 Å². The van der Waals surface area contributed by atoms with E-state index in [9.17, 15) is 4.79 Å². The van der Waals surface area contributed by atoms with E-state index in [1.165, 1.54) is 5.56 Å². The molecule has 1 saturated heterocycles. The highest BCUT2D eigenvalue weighted by atomic mass is 16.6. The van der Waals surface area contributed by atoms with Gasteiger partial charge in [0.15, 0.2) is 0 Å². The van der Waals surface area contributed by atoms with Crippen LogP contribution in [0.3, 0.4) is 0 Å². The van der Waals surface area contributed by atoms with E-state index in [4.69, 9.17) is 4.74 Å². The quantitative estimate of drug-likeness (QED) is 0.845. The minimum Gasteiger partial charge on any atom is -0.371 e. The first kappa shape index (κ1) is 12.9. The van der Waals surface area contributed by atoms with Gasteiger partial charge in [-0.3, -0.25) is 4.79 Å². The van der Waals surface area contributed by atoms with Crippen LogP contribution in [0.2, 0.25) is 0 Å². The Morgan fingerprint density at radius 1 is 1.10 bits per heavy atom. The van der Waals surface area contributed by atoms with E-state index in [0.717, 1.165) is 13.0 Å². The lowest BCUT2D eigenvalue weighted by Gasteiger charge is -2.17. The van der Waals surface area contributed by atoms with Crippen LogP contribution in [-0.4, -0.2) is 24.7 Å². The van der Waals surface area contributed by atoms with Crippen LogP contribution in [0.25, 0.3) is 0 Å². The first-order valence-electron chi connectivity index (χ1n) is 6.84. The Morgan fingerprint density at radius 2 is 1.70 bits per heavy atom. The van der Waals surface area contributed by atoms with Gasteiger partial charge in [-0.2, -0.15) is 0 Å². The lowest BCUT2D eigenvalue weighted by molar-refractivity contribution is 0.0929. The highest BCUT2D eigenvalue weighted by Gasteiger charge is 2.33. The summed E-state index contributed by atoms with van der Waals surface area (Å²) in [6.07, 6.45) is 0.937. The molecule has 0 unspecified atom stereocenters. The summed E-state index contributed by atoms with van der Waals surface area (Å²) >= 11 is 0. The van der Waals surface area contributed by atoms with Crippen molar-refractivity contribution in [2.75, 3.05) is 6.61 Å². The number of rotatable bonds is 5. The predicted molar refractivity (Wildman–Crippen MR) is 77.6 cm³/mol. The standard InChI is InChI=1S/C17H17NO2/c19-17(14-9-5-2-6-10-14)18-15(16-12-20-16)11-13-7-3-1-4-8-13/h1-10,15-16H,11-12H2,(H,18,19)/t15-,16-/m0/s1. The second kappa shape index (κ2) is 5.88. The minimum atomic E-state index is -0.0398. The Kier molecular flexibility index (Phi) is 3.79. The summed E-state index contributed by atoms with van der Waals surface area (Å²) in [5, 5.41) is 3.08. The van der Waals surface area contributed by atoms with Crippen molar-refractivity contribution in [3.05, 3.63) is 71.8 Å². The molecule has 0 saturated carbocycles. The van der Waals surface area contributed by atoms with Crippen LogP contribution in [0, 0.1) is 0 Å².